The minimum atomic E-state index is -0.335. The SMILES string of the molecule is CCNC(=O)CCc1ccc(-c2nc3c(c(C4CCCCOCCC4)n2)CN(C(=O)OCc2ccccc2)C3)cc1. The minimum Gasteiger partial charge on any atom is -0.445 e. The number of nitrogens with zero attached hydrogens (tertiary/aromatic N) is 3. The van der Waals surface area contributed by atoms with Crippen LogP contribution in [0.1, 0.15) is 79.4 Å². The zero-order valence-corrected chi connectivity index (χ0v) is 23.9. The Balaban J connectivity index is 1.37. The molecule has 2 amide bonds. The molecule has 2 aliphatic rings. The highest BCUT2D eigenvalue weighted by atomic mass is 16.6. The van der Waals surface area contributed by atoms with Crippen LogP contribution in [0.2, 0.25) is 0 Å². The molecule has 3 aromatic rings. The summed E-state index contributed by atoms with van der Waals surface area (Å²) in [4.78, 5) is 36.8. The van der Waals surface area contributed by atoms with Crippen molar-refractivity contribution in [2.45, 2.75) is 77.5 Å². The van der Waals surface area contributed by atoms with Crippen LogP contribution < -0.4 is 5.32 Å². The van der Waals surface area contributed by atoms with E-state index in [1.165, 1.54) is 0 Å². The summed E-state index contributed by atoms with van der Waals surface area (Å²) in [6, 6.07) is 17.9. The second kappa shape index (κ2) is 14.2. The molecule has 1 unspecified atom stereocenters. The summed E-state index contributed by atoms with van der Waals surface area (Å²) in [5.74, 6) is 1.05. The molecule has 0 radical (unpaired) electrons. The number of rotatable bonds is 8. The number of ether oxygens (including phenoxy) is 2. The van der Waals surface area contributed by atoms with Crippen LogP contribution in [0.15, 0.2) is 54.6 Å². The third-order valence-corrected chi connectivity index (χ3v) is 7.82. The van der Waals surface area contributed by atoms with Crippen molar-refractivity contribution in [2.24, 2.45) is 0 Å². The van der Waals surface area contributed by atoms with E-state index in [0.717, 1.165) is 79.0 Å². The molecule has 3 heterocycles. The van der Waals surface area contributed by atoms with Crippen LogP contribution >= 0.6 is 0 Å². The highest BCUT2D eigenvalue weighted by Crippen LogP contribution is 2.36. The summed E-state index contributed by atoms with van der Waals surface area (Å²) in [5, 5.41) is 2.85. The Kier molecular flexibility index (Phi) is 9.96. The average Bonchev–Trinajstić information content (AvgIpc) is 3.49. The predicted molar refractivity (Wildman–Crippen MR) is 157 cm³/mol. The molecule has 1 N–H and O–H groups in total. The van der Waals surface area contributed by atoms with Crippen molar-refractivity contribution >= 4 is 12.0 Å². The second-order valence-electron chi connectivity index (χ2n) is 10.9. The van der Waals surface area contributed by atoms with Gasteiger partial charge >= 0.3 is 6.09 Å². The summed E-state index contributed by atoms with van der Waals surface area (Å²) in [7, 11) is 0. The lowest BCUT2D eigenvalue weighted by Crippen LogP contribution is -2.26. The zero-order chi connectivity index (χ0) is 28.4. The molecule has 1 saturated heterocycles. The molecule has 1 aromatic heterocycles. The first kappa shape index (κ1) is 28.7. The standard InChI is InChI=1S/C33H40N4O4/c1-2-34-30(38)18-15-24-13-16-27(17-14-24)32-35-29-22-37(33(39)41-23-25-9-4-3-5-10-25)21-28(29)31(36-32)26-11-6-7-19-40-20-8-12-26/h3-5,9-10,13-14,16-17,26H,2,6-8,11-12,15,18-23H2,1H3,(H,34,38). The number of amides is 2. The molecule has 5 rings (SSSR count). The molecule has 41 heavy (non-hydrogen) atoms. The number of aryl methyl sites for hydroxylation is 1. The quantitative estimate of drug-likeness (QED) is 0.370. The van der Waals surface area contributed by atoms with Crippen LogP contribution in [0, 0.1) is 0 Å². The monoisotopic (exact) mass is 556 g/mol. The van der Waals surface area contributed by atoms with Crippen molar-refractivity contribution in [1.82, 2.24) is 20.2 Å². The smallest absolute Gasteiger partial charge is 0.410 e. The van der Waals surface area contributed by atoms with Gasteiger partial charge in [-0.05, 0) is 50.2 Å². The lowest BCUT2D eigenvalue weighted by atomic mass is 9.90. The van der Waals surface area contributed by atoms with E-state index in [0.29, 0.717) is 44.2 Å². The molecule has 2 aliphatic heterocycles. The zero-order valence-electron chi connectivity index (χ0n) is 23.9. The van der Waals surface area contributed by atoms with Gasteiger partial charge in [-0.2, -0.15) is 0 Å². The normalized spacial score (nSPS) is 17.2. The summed E-state index contributed by atoms with van der Waals surface area (Å²) >= 11 is 0. The number of nitrogens with one attached hydrogen (secondary N) is 1. The van der Waals surface area contributed by atoms with Crippen molar-refractivity contribution < 1.29 is 19.1 Å². The first-order valence-electron chi connectivity index (χ1n) is 14.9. The lowest BCUT2D eigenvalue weighted by Gasteiger charge is -2.20. The Labute approximate surface area is 242 Å². The maximum atomic E-state index is 13.1. The molecular weight excluding hydrogens is 516 g/mol. The molecule has 0 aliphatic carbocycles. The second-order valence-corrected chi connectivity index (χ2v) is 10.9. The van der Waals surface area contributed by atoms with Crippen LogP contribution in [-0.4, -0.2) is 46.6 Å². The van der Waals surface area contributed by atoms with Gasteiger partial charge in [0.2, 0.25) is 5.91 Å². The van der Waals surface area contributed by atoms with Gasteiger partial charge in [0, 0.05) is 43.2 Å². The Hall–Kier alpha value is -3.78. The molecule has 0 bridgehead atoms. The van der Waals surface area contributed by atoms with Gasteiger partial charge in [-0.25, -0.2) is 14.8 Å². The highest BCUT2D eigenvalue weighted by Gasteiger charge is 2.32. The van der Waals surface area contributed by atoms with E-state index in [1.54, 1.807) is 4.90 Å². The van der Waals surface area contributed by atoms with E-state index in [-0.39, 0.29) is 18.6 Å². The van der Waals surface area contributed by atoms with Gasteiger partial charge in [0.1, 0.15) is 6.61 Å². The van der Waals surface area contributed by atoms with Gasteiger partial charge in [-0.3, -0.25) is 9.69 Å². The van der Waals surface area contributed by atoms with Crippen LogP contribution in [0.3, 0.4) is 0 Å². The van der Waals surface area contributed by atoms with Gasteiger partial charge in [0.25, 0.3) is 0 Å². The number of fused-ring (bicyclic) bond motifs is 1. The Morgan fingerprint density at radius 3 is 2.54 bits per heavy atom. The average molecular weight is 557 g/mol. The van der Waals surface area contributed by atoms with Crippen molar-refractivity contribution in [1.29, 1.82) is 0 Å². The minimum absolute atomic E-state index is 0.0652. The number of hydrogen-bond donors (Lipinski definition) is 1. The van der Waals surface area contributed by atoms with Crippen molar-refractivity contribution in [3.63, 3.8) is 0 Å². The topological polar surface area (TPSA) is 93.6 Å². The van der Waals surface area contributed by atoms with Gasteiger partial charge in [0.05, 0.1) is 24.5 Å². The molecule has 8 heteroatoms. The largest absolute Gasteiger partial charge is 0.445 e. The maximum Gasteiger partial charge on any atom is 0.410 e. The molecule has 0 saturated carbocycles. The number of carbonyl (C=O) groups is 2. The summed E-state index contributed by atoms with van der Waals surface area (Å²) in [6.45, 7) is 5.27. The molecule has 1 atom stereocenters. The van der Waals surface area contributed by atoms with E-state index in [4.69, 9.17) is 19.4 Å². The highest BCUT2D eigenvalue weighted by molar-refractivity contribution is 5.76. The van der Waals surface area contributed by atoms with Gasteiger partial charge in [0.15, 0.2) is 5.82 Å². The van der Waals surface area contributed by atoms with E-state index >= 15 is 0 Å². The van der Waals surface area contributed by atoms with Crippen LogP contribution in [-0.2, 0) is 40.4 Å². The summed E-state index contributed by atoms with van der Waals surface area (Å²) in [6.07, 6.45) is 5.99. The van der Waals surface area contributed by atoms with Gasteiger partial charge in [-0.15, -0.1) is 0 Å². The van der Waals surface area contributed by atoms with Gasteiger partial charge in [-0.1, -0.05) is 61.0 Å². The van der Waals surface area contributed by atoms with Gasteiger partial charge < -0.3 is 14.8 Å². The summed E-state index contributed by atoms with van der Waals surface area (Å²) < 4.78 is 11.4. The van der Waals surface area contributed by atoms with E-state index in [9.17, 15) is 9.59 Å². The van der Waals surface area contributed by atoms with Crippen LogP contribution in [0.25, 0.3) is 11.4 Å². The van der Waals surface area contributed by atoms with E-state index in [1.807, 2.05) is 49.4 Å². The number of aromatic nitrogens is 2. The molecule has 1 fully saturated rings. The summed E-state index contributed by atoms with van der Waals surface area (Å²) in [5.41, 5.74) is 6.03. The Bertz CT molecular complexity index is 1300. The fourth-order valence-corrected chi connectivity index (χ4v) is 5.60. The Morgan fingerprint density at radius 2 is 1.73 bits per heavy atom. The Morgan fingerprint density at radius 1 is 0.951 bits per heavy atom. The third-order valence-electron chi connectivity index (χ3n) is 7.82. The fraction of sp³-hybridized carbons (Fsp3) is 0.455. The van der Waals surface area contributed by atoms with E-state index < -0.39 is 0 Å². The molecule has 0 spiro atoms. The lowest BCUT2D eigenvalue weighted by molar-refractivity contribution is -0.120. The molecule has 2 aromatic carbocycles. The predicted octanol–water partition coefficient (Wildman–Crippen LogP) is 5.93. The van der Waals surface area contributed by atoms with Crippen molar-refractivity contribution in [3.05, 3.63) is 82.7 Å². The van der Waals surface area contributed by atoms with E-state index in [2.05, 4.69) is 17.4 Å². The van der Waals surface area contributed by atoms with Crippen molar-refractivity contribution in [2.75, 3.05) is 19.8 Å². The first-order valence-corrected chi connectivity index (χ1v) is 14.9. The molecular formula is C33H40N4O4. The molecule has 8 nitrogen and oxygen atoms in total. The number of benzene rings is 2. The number of carbonyl (C=O) groups excluding carboxylic acids is 2. The third kappa shape index (κ3) is 7.70. The number of hydrogen-bond acceptors (Lipinski definition) is 6. The van der Waals surface area contributed by atoms with Crippen molar-refractivity contribution in [3.8, 4) is 11.4 Å². The van der Waals surface area contributed by atoms with Crippen LogP contribution in [0.5, 0.6) is 0 Å². The fourth-order valence-electron chi connectivity index (χ4n) is 5.60. The maximum absolute atomic E-state index is 13.1. The van der Waals surface area contributed by atoms with Crippen LogP contribution in [0.4, 0.5) is 4.79 Å². The first-order chi connectivity index (χ1) is 20.1. The molecule has 216 valence electrons.